The van der Waals surface area contributed by atoms with Crippen molar-refractivity contribution in [3.63, 3.8) is 0 Å². The van der Waals surface area contributed by atoms with E-state index in [9.17, 15) is 4.79 Å². The number of fused-ring (bicyclic) bond motifs is 7. The molecule has 186 valence electrons. The van der Waals surface area contributed by atoms with Gasteiger partial charge in [-0.1, -0.05) is 46.8 Å². The Hall–Kier alpha value is -0.790. The fourth-order valence-electron chi connectivity index (χ4n) is 11.5. The molecule has 33 heavy (non-hydrogen) atoms. The van der Waals surface area contributed by atoms with E-state index in [2.05, 4.69) is 48.1 Å². The van der Waals surface area contributed by atoms with Crippen molar-refractivity contribution in [2.45, 2.75) is 119 Å². The lowest BCUT2D eigenvalue weighted by Crippen LogP contribution is -2.65. The topological polar surface area (TPSA) is 26.3 Å². The van der Waals surface area contributed by atoms with E-state index in [1.807, 2.05) is 0 Å². The SMILES string of the molecule is C=C(C)[C@@H]1CCC2(C)CC[C@]3(C)C(CCC4C5(C)CCC(OC(C)=O)C(C)C5CCC43C)C12. The second kappa shape index (κ2) is 7.60. The standard InChI is InChI=1S/C31H50O2/c1-19(2)22-11-14-28(5)17-18-30(7)24(27(22)28)9-10-26-29(6)15-13-25(33-21(4)32)20(3)23(29)12-16-31(26,30)8/h20,22-27H,1,9-18H2,2-8H3/t20?,22-,23?,24?,25?,26?,27?,28?,29?,30+,31?/m0/s1. The molecule has 5 aliphatic rings. The molecule has 9 unspecified atom stereocenters. The van der Waals surface area contributed by atoms with Crippen LogP contribution in [0.5, 0.6) is 0 Å². The van der Waals surface area contributed by atoms with Crippen LogP contribution in [-0.4, -0.2) is 12.1 Å². The zero-order chi connectivity index (χ0) is 24.0. The Kier molecular flexibility index (Phi) is 5.51. The van der Waals surface area contributed by atoms with Gasteiger partial charge in [-0.05, 0) is 128 Å². The summed E-state index contributed by atoms with van der Waals surface area (Å²) >= 11 is 0. The molecule has 5 aliphatic carbocycles. The molecule has 0 aliphatic heterocycles. The lowest BCUT2D eigenvalue weighted by atomic mass is 9.33. The molecule has 0 aromatic rings. The zero-order valence-corrected chi connectivity index (χ0v) is 22.6. The smallest absolute Gasteiger partial charge is 0.302 e. The molecule has 0 aromatic heterocycles. The molecule has 0 spiro atoms. The third-order valence-corrected chi connectivity index (χ3v) is 13.3. The highest BCUT2D eigenvalue weighted by molar-refractivity contribution is 5.66. The van der Waals surface area contributed by atoms with E-state index >= 15 is 0 Å². The van der Waals surface area contributed by atoms with Crippen LogP contribution in [-0.2, 0) is 9.53 Å². The normalized spacial score (nSPS) is 55.5. The van der Waals surface area contributed by atoms with Crippen molar-refractivity contribution < 1.29 is 9.53 Å². The van der Waals surface area contributed by atoms with Gasteiger partial charge in [0.15, 0.2) is 0 Å². The number of esters is 1. The lowest BCUT2D eigenvalue weighted by molar-refractivity contribution is -0.235. The van der Waals surface area contributed by atoms with Gasteiger partial charge in [-0.3, -0.25) is 4.79 Å². The Morgan fingerprint density at radius 3 is 2.21 bits per heavy atom. The number of rotatable bonds is 2. The van der Waals surface area contributed by atoms with Crippen LogP contribution in [0.25, 0.3) is 0 Å². The van der Waals surface area contributed by atoms with Gasteiger partial charge in [0.1, 0.15) is 6.10 Å². The molecule has 5 fully saturated rings. The van der Waals surface area contributed by atoms with Crippen molar-refractivity contribution in [1.82, 2.24) is 0 Å². The third kappa shape index (κ3) is 3.13. The summed E-state index contributed by atoms with van der Waals surface area (Å²) in [6, 6.07) is 0. The summed E-state index contributed by atoms with van der Waals surface area (Å²) in [6.45, 7) is 21.5. The minimum atomic E-state index is -0.0991. The molecule has 5 rings (SSSR count). The van der Waals surface area contributed by atoms with Crippen molar-refractivity contribution in [1.29, 1.82) is 0 Å². The summed E-state index contributed by atoms with van der Waals surface area (Å²) in [7, 11) is 0. The van der Waals surface area contributed by atoms with E-state index in [-0.39, 0.29) is 12.1 Å². The van der Waals surface area contributed by atoms with Crippen molar-refractivity contribution in [3.8, 4) is 0 Å². The number of hydrogen-bond acceptors (Lipinski definition) is 2. The van der Waals surface area contributed by atoms with Crippen molar-refractivity contribution in [3.05, 3.63) is 12.2 Å². The maximum atomic E-state index is 11.7. The Labute approximate surface area is 203 Å². The second-order valence-electron chi connectivity index (χ2n) is 14.4. The van der Waals surface area contributed by atoms with Gasteiger partial charge in [-0.25, -0.2) is 0 Å². The highest BCUT2D eigenvalue weighted by Gasteiger charge is 2.69. The first-order valence-electron chi connectivity index (χ1n) is 14.2. The number of carbonyl (C=O) groups excluding carboxylic acids is 1. The predicted octanol–water partition coefficient (Wildman–Crippen LogP) is 8.21. The molecule has 2 heteroatoms. The molecule has 2 nitrogen and oxygen atoms in total. The average Bonchev–Trinajstić information content (AvgIpc) is 3.09. The first-order valence-corrected chi connectivity index (χ1v) is 14.2. The van der Waals surface area contributed by atoms with Gasteiger partial charge in [-0.15, -0.1) is 0 Å². The van der Waals surface area contributed by atoms with Crippen LogP contribution < -0.4 is 0 Å². The van der Waals surface area contributed by atoms with E-state index in [4.69, 9.17) is 4.74 Å². The average molecular weight is 455 g/mol. The van der Waals surface area contributed by atoms with Crippen LogP contribution in [0.1, 0.15) is 113 Å². The van der Waals surface area contributed by atoms with E-state index in [0.717, 1.165) is 30.1 Å². The Bertz CT molecular complexity index is 831. The van der Waals surface area contributed by atoms with Gasteiger partial charge in [-0.2, -0.15) is 0 Å². The molecule has 0 N–H and O–H groups in total. The van der Waals surface area contributed by atoms with Crippen molar-refractivity contribution in [2.24, 2.45) is 57.2 Å². The maximum absolute atomic E-state index is 11.7. The van der Waals surface area contributed by atoms with Gasteiger partial charge < -0.3 is 4.74 Å². The lowest BCUT2D eigenvalue weighted by Gasteiger charge is -2.72. The summed E-state index contributed by atoms with van der Waals surface area (Å²) in [4.78, 5) is 11.7. The highest BCUT2D eigenvalue weighted by Crippen LogP contribution is 2.76. The Balaban J connectivity index is 1.48. The monoisotopic (exact) mass is 454 g/mol. The van der Waals surface area contributed by atoms with Gasteiger partial charge in [0.05, 0.1) is 0 Å². The number of hydrogen-bond donors (Lipinski definition) is 0. The van der Waals surface area contributed by atoms with E-state index in [1.165, 1.54) is 63.4 Å². The van der Waals surface area contributed by atoms with Gasteiger partial charge in [0, 0.05) is 6.92 Å². The molecule has 0 saturated heterocycles. The minimum Gasteiger partial charge on any atom is -0.462 e. The number of carbonyl (C=O) groups is 1. The minimum absolute atomic E-state index is 0.0991. The van der Waals surface area contributed by atoms with Crippen molar-refractivity contribution >= 4 is 5.97 Å². The fourth-order valence-corrected chi connectivity index (χ4v) is 11.5. The Morgan fingerprint density at radius 1 is 0.818 bits per heavy atom. The van der Waals surface area contributed by atoms with Crippen LogP contribution in [0.15, 0.2) is 12.2 Å². The van der Waals surface area contributed by atoms with Crippen molar-refractivity contribution in [2.75, 3.05) is 0 Å². The highest BCUT2D eigenvalue weighted by atomic mass is 16.5. The molecule has 0 heterocycles. The van der Waals surface area contributed by atoms with E-state index in [1.54, 1.807) is 6.92 Å². The van der Waals surface area contributed by atoms with Gasteiger partial charge in [0.2, 0.25) is 0 Å². The molecule has 0 amide bonds. The van der Waals surface area contributed by atoms with Crippen LogP contribution in [0, 0.1) is 57.2 Å². The largest absolute Gasteiger partial charge is 0.462 e. The molecule has 5 saturated carbocycles. The van der Waals surface area contributed by atoms with E-state index < -0.39 is 0 Å². The summed E-state index contributed by atoms with van der Waals surface area (Å²) in [5.41, 5.74) is 3.25. The summed E-state index contributed by atoms with van der Waals surface area (Å²) in [6.07, 6.45) is 13.6. The second-order valence-corrected chi connectivity index (χ2v) is 14.4. The van der Waals surface area contributed by atoms with Gasteiger partial charge >= 0.3 is 5.97 Å². The summed E-state index contributed by atoms with van der Waals surface area (Å²) < 4.78 is 5.81. The maximum Gasteiger partial charge on any atom is 0.302 e. The molecular formula is C31H50O2. The van der Waals surface area contributed by atoms with Crippen LogP contribution in [0.4, 0.5) is 0 Å². The number of ether oxygens (including phenoxy) is 1. The predicted molar refractivity (Wildman–Crippen MR) is 136 cm³/mol. The number of allylic oxidation sites excluding steroid dienone is 1. The first kappa shape index (κ1) is 23.9. The van der Waals surface area contributed by atoms with Crippen LogP contribution >= 0.6 is 0 Å². The molecule has 11 atom stereocenters. The van der Waals surface area contributed by atoms with Crippen LogP contribution in [0.3, 0.4) is 0 Å². The third-order valence-electron chi connectivity index (χ3n) is 13.3. The molecule has 0 bridgehead atoms. The van der Waals surface area contributed by atoms with Gasteiger partial charge in [0.25, 0.3) is 0 Å². The summed E-state index contributed by atoms with van der Waals surface area (Å²) in [5, 5.41) is 0. The van der Waals surface area contributed by atoms with E-state index in [0.29, 0.717) is 33.5 Å². The fraction of sp³-hybridized carbons (Fsp3) is 0.903. The zero-order valence-electron chi connectivity index (χ0n) is 22.6. The Morgan fingerprint density at radius 2 is 1.55 bits per heavy atom. The summed E-state index contributed by atoms with van der Waals surface area (Å²) in [5.74, 6) is 4.33. The molecular weight excluding hydrogens is 404 g/mol. The quantitative estimate of drug-likeness (QED) is 0.310. The van der Waals surface area contributed by atoms with Crippen LogP contribution in [0.2, 0.25) is 0 Å². The molecule has 0 radical (unpaired) electrons. The first-order chi connectivity index (χ1) is 15.4. The molecule has 0 aromatic carbocycles.